The van der Waals surface area contributed by atoms with Crippen LogP contribution in [0.3, 0.4) is 0 Å². The standard InChI is InChI=1S/C13H15NO4/c1-14(2)12(15)10-6-3-8(13(16)17)7-11(10)18-9-4-5-9/h3,6-7,9H,4-5H2,1-2H3,(H,16,17). The Morgan fingerprint density at radius 2 is 2.00 bits per heavy atom. The number of aromatic carboxylic acids is 1. The Hall–Kier alpha value is -2.04. The summed E-state index contributed by atoms with van der Waals surface area (Å²) in [5, 5.41) is 8.95. The van der Waals surface area contributed by atoms with Gasteiger partial charge in [0.2, 0.25) is 0 Å². The third-order valence-corrected chi connectivity index (χ3v) is 2.68. The van der Waals surface area contributed by atoms with Crippen molar-refractivity contribution in [2.24, 2.45) is 0 Å². The summed E-state index contributed by atoms with van der Waals surface area (Å²) in [7, 11) is 3.29. The van der Waals surface area contributed by atoms with Crippen molar-refractivity contribution in [1.82, 2.24) is 4.90 Å². The summed E-state index contributed by atoms with van der Waals surface area (Å²) in [5.74, 6) is -0.863. The Morgan fingerprint density at radius 3 is 2.50 bits per heavy atom. The van der Waals surface area contributed by atoms with Gasteiger partial charge in [-0.2, -0.15) is 0 Å². The molecule has 0 radical (unpaired) electrons. The van der Waals surface area contributed by atoms with E-state index in [4.69, 9.17) is 9.84 Å². The highest BCUT2D eigenvalue weighted by molar-refractivity contribution is 5.98. The van der Waals surface area contributed by atoms with Crippen LogP contribution in [0.5, 0.6) is 5.75 Å². The lowest BCUT2D eigenvalue weighted by molar-refractivity contribution is 0.0694. The molecule has 0 aliphatic heterocycles. The zero-order chi connectivity index (χ0) is 13.3. The molecule has 5 nitrogen and oxygen atoms in total. The van der Waals surface area contributed by atoms with Gasteiger partial charge in [0.25, 0.3) is 5.91 Å². The number of carboxylic acids is 1. The number of carbonyl (C=O) groups is 2. The van der Waals surface area contributed by atoms with Gasteiger partial charge in [-0.25, -0.2) is 4.79 Å². The molecule has 0 atom stereocenters. The van der Waals surface area contributed by atoms with Crippen LogP contribution in [0.4, 0.5) is 0 Å². The number of hydrogen-bond acceptors (Lipinski definition) is 3. The number of rotatable bonds is 4. The van der Waals surface area contributed by atoms with Crippen molar-refractivity contribution >= 4 is 11.9 Å². The topological polar surface area (TPSA) is 66.8 Å². The minimum absolute atomic E-state index is 0.114. The number of ether oxygens (including phenoxy) is 1. The van der Waals surface area contributed by atoms with Crippen LogP contribution in [-0.4, -0.2) is 42.1 Å². The fourth-order valence-corrected chi connectivity index (χ4v) is 1.54. The first-order valence-electron chi connectivity index (χ1n) is 5.74. The summed E-state index contributed by atoms with van der Waals surface area (Å²) < 4.78 is 5.61. The highest BCUT2D eigenvalue weighted by atomic mass is 16.5. The summed E-state index contributed by atoms with van der Waals surface area (Å²) in [6, 6.07) is 4.33. The molecule has 1 amide bonds. The van der Waals surface area contributed by atoms with E-state index in [0.717, 1.165) is 12.8 Å². The largest absolute Gasteiger partial charge is 0.490 e. The first-order chi connectivity index (χ1) is 8.49. The summed E-state index contributed by atoms with van der Waals surface area (Å²) in [4.78, 5) is 24.3. The molecule has 1 saturated carbocycles. The molecule has 0 spiro atoms. The minimum Gasteiger partial charge on any atom is -0.490 e. The van der Waals surface area contributed by atoms with Gasteiger partial charge in [0.15, 0.2) is 0 Å². The van der Waals surface area contributed by atoms with Gasteiger partial charge in [-0.05, 0) is 31.0 Å². The Labute approximate surface area is 105 Å². The number of benzene rings is 1. The first kappa shape index (κ1) is 12.4. The van der Waals surface area contributed by atoms with Gasteiger partial charge < -0.3 is 14.7 Å². The van der Waals surface area contributed by atoms with Gasteiger partial charge in [0, 0.05) is 14.1 Å². The van der Waals surface area contributed by atoms with Crippen LogP contribution in [0.15, 0.2) is 18.2 Å². The van der Waals surface area contributed by atoms with Gasteiger partial charge >= 0.3 is 5.97 Å². The maximum Gasteiger partial charge on any atom is 0.335 e. The Bertz CT molecular complexity index is 492. The first-order valence-corrected chi connectivity index (χ1v) is 5.74. The van der Waals surface area contributed by atoms with E-state index < -0.39 is 5.97 Å². The highest BCUT2D eigenvalue weighted by Gasteiger charge is 2.26. The molecular formula is C13H15NO4. The Balaban J connectivity index is 2.37. The number of hydrogen-bond donors (Lipinski definition) is 1. The monoisotopic (exact) mass is 249 g/mol. The quantitative estimate of drug-likeness (QED) is 0.880. The van der Waals surface area contributed by atoms with Gasteiger partial charge in [0.05, 0.1) is 17.2 Å². The molecule has 5 heteroatoms. The van der Waals surface area contributed by atoms with E-state index >= 15 is 0 Å². The second-order valence-corrected chi connectivity index (χ2v) is 4.53. The average Bonchev–Trinajstić information content (AvgIpc) is 3.11. The number of amides is 1. The molecule has 1 aliphatic carbocycles. The summed E-state index contributed by atoms with van der Waals surface area (Å²) in [6.45, 7) is 0. The van der Waals surface area contributed by atoms with Crippen molar-refractivity contribution in [2.45, 2.75) is 18.9 Å². The van der Waals surface area contributed by atoms with Gasteiger partial charge in [-0.1, -0.05) is 0 Å². The van der Waals surface area contributed by atoms with Crippen LogP contribution in [0, 0.1) is 0 Å². The average molecular weight is 249 g/mol. The van der Waals surface area contributed by atoms with Crippen molar-refractivity contribution < 1.29 is 19.4 Å². The Kier molecular flexibility index (Phi) is 3.23. The van der Waals surface area contributed by atoms with E-state index in [2.05, 4.69) is 0 Å². The molecule has 0 unspecified atom stereocenters. The fourth-order valence-electron chi connectivity index (χ4n) is 1.54. The third kappa shape index (κ3) is 2.61. The predicted molar refractivity (Wildman–Crippen MR) is 65.1 cm³/mol. The zero-order valence-corrected chi connectivity index (χ0v) is 10.3. The molecule has 18 heavy (non-hydrogen) atoms. The molecule has 0 heterocycles. The summed E-state index contributed by atoms with van der Waals surface area (Å²) in [6.07, 6.45) is 2.02. The molecule has 1 aromatic rings. The molecule has 96 valence electrons. The van der Waals surface area contributed by atoms with Crippen LogP contribution < -0.4 is 4.74 Å². The summed E-state index contributed by atoms with van der Waals surface area (Å²) >= 11 is 0. The van der Waals surface area contributed by atoms with Crippen molar-refractivity contribution in [1.29, 1.82) is 0 Å². The lowest BCUT2D eigenvalue weighted by atomic mass is 10.1. The normalized spacial score (nSPS) is 14.1. The Morgan fingerprint density at radius 1 is 1.33 bits per heavy atom. The molecule has 1 aromatic carbocycles. The van der Waals surface area contributed by atoms with Crippen molar-refractivity contribution in [3.8, 4) is 5.75 Å². The summed E-state index contributed by atoms with van der Waals surface area (Å²) in [5.41, 5.74) is 0.526. The second-order valence-electron chi connectivity index (χ2n) is 4.53. The minimum atomic E-state index is -1.03. The maximum atomic E-state index is 11.9. The smallest absolute Gasteiger partial charge is 0.335 e. The van der Waals surface area contributed by atoms with Crippen LogP contribution in [0.25, 0.3) is 0 Å². The van der Waals surface area contributed by atoms with Crippen LogP contribution in [0.2, 0.25) is 0 Å². The SMILES string of the molecule is CN(C)C(=O)c1ccc(C(=O)O)cc1OC1CC1. The van der Waals surface area contributed by atoms with E-state index in [9.17, 15) is 9.59 Å². The zero-order valence-electron chi connectivity index (χ0n) is 10.3. The number of carbonyl (C=O) groups excluding carboxylic acids is 1. The predicted octanol–water partition coefficient (Wildman–Crippen LogP) is 1.63. The van der Waals surface area contributed by atoms with Crippen molar-refractivity contribution in [3.63, 3.8) is 0 Å². The second kappa shape index (κ2) is 4.68. The molecule has 0 saturated heterocycles. The van der Waals surface area contributed by atoms with E-state index in [1.54, 1.807) is 14.1 Å². The molecule has 0 bridgehead atoms. The molecule has 1 aliphatic rings. The molecule has 1 N–H and O–H groups in total. The van der Waals surface area contributed by atoms with E-state index in [-0.39, 0.29) is 17.6 Å². The van der Waals surface area contributed by atoms with E-state index in [1.165, 1.54) is 23.1 Å². The lowest BCUT2D eigenvalue weighted by Crippen LogP contribution is -2.22. The number of nitrogens with zero attached hydrogens (tertiary/aromatic N) is 1. The third-order valence-electron chi connectivity index (χ3n) is 2.68. The van der Waals surface area contributed by atoms with E-state index in [1.807, 2.05) is 0 Å². The van der Waals surface area contributed by atoms with Gasteiger partial charge in [0.1, 0.15) is 5.75 Å². The number of carboxylic acid groups (broad SMARTS) is 1. The van der Waals surface area contributed by atoms with E-state index in [0.29, 0.717) is 11.3 Å². The van der Waals surface area contributed by atoms with Crippen LogP contribution in [0.1, 0.15) is 33.6 Å². The van der Waals surface area contributed by atoms with Gasteiger partial charge in [-0.3, -0.25) is 4.79 Å². The molecular weight excluding hydrogens is 234 g/mol. The highest BCUT2D eigenvalue weighted by Crippen LogP contribution is 2.30. The van der Waals surface area contributed by atoms with Crippen LogP contribution >= 0.6 is 0 Å². The molecule has 2 rings (SSSR count). The van der Waals surface area contributed by atoms with Crippen molar-refractivity contribution in [3.05, 3.63) is 29.3 Å². The van der Waals surface area contributed by atoms with Gasteiger partial charge in [-0.15, -0.1) is 0 Å². The maximum absolute atomic E-state index is 11.9. The molecule has 0 aromatic heterocycles. The van der Waals surface area contributed by atoms with Crippen LogP contribution in [-0.2, 0) is 0 Å². The van der Waals surface area contributed by atoms with Crippen molar-refractivity contribution in [2.75, 3.05) is 14.1 Å². The molecule has 1 fully saturated rings. The fraction of sp³-hybridized carbons (Fsp3) is 0.385. The lowest BCUT2D eigenvalue weighted by Gasteiger charge is -2.15.